The van der Waals surface area contributed by atoms with Crippen LogP contribution in [0.4, 0.5) is 24.5 Å². The Labute approximate surface area is 143 Å². The van der Waals surface area contributed by atoms with Crippen molar-refractivity contribution in [3.8, 4) is 23.7 Å². The van der Waals surface area contributed by atoms with Gasteiger partial charge in [0.05, 0.1) is 5.69 Å². The maximum Gasteiger partial charge on any atom is 0.471 e. The molecule has 2 rings (SSSR count). The van der Waals surface area contributed by atoms with Crippen LogP contribution in [0.2, 0.25) is 0 Å². The number of rotatable bonds is 2. The molecule has 0 aromatic heterocycles. The molecule has 0 bridgehead atoms. The molecular formula is C19H13F3N2O. The molecule has 2 N–H and O–H groups in total. The number of anilines is 2. The molecule has 6 heteroatoms. The van der Waals surface area contributed by atoms with Gasteiger partial charge in [-0.2, -0.15) is 13.2 Å². The molecule has 0 saturated carbocycles. The molecule has 0 radical (unpaired) electrons. The largest absolute Gasteiger partial charge is 0.471 e. The third kappa shape index (κ3) is 5.05. The van der Waals surface area contributed by atoms with Crippen LogP contribution < -0.4 is 10.6 Å². The van der Waals surface area contributed by atoms with E-state index in [4.69, 9.17) is 0 Å². The minimum Gasteiger partial charge on any atom is -0.387 e. The van der Waals surface area contributed by atoms with E-state index in [2.05, 4.69) is 29.0 Å². The molecule has 25 heavy (non-hydrogen) atoms. The highest BCUT2D eigenvalue weighted by Crippen LogP contribution is 2.20. The fraction of sp³-hybridized carbons (Fsp3) is 0.105. The number of amides is 1. The number of benzene rings is 2. The molecule has 0 saturated heterocycles. The van der Waals surface area contributed by atoms with Gasteiger partial charge >= 0.3 is 12.1 Å². The first-order chi connectivity index (χ1) is 11.9. The molecule has 0 aliphatic carbocycles. The number of hydrogen-bond acceptors (Lipinski definition) is 2. The highest BCUT2D eigenvalue weighted by atomic mass is 19.4. The van der Waals surface area contributed by atoms with Crippen molar-refractivity contribution < 1.29 is 18.0 Å². The average molecular weight is 342 g/mol. The van der Waals surface area contributed by atoms with Crippen molar-refractivity contribution in [2.75, 3.05) is 17.7 Å². The van der Waals surface area contributed by atoms with Crippen LogP contribution in [-0.2, 0) is 4.79 Å². The van der Waals surface area contributed by atoms with Crippen molar-refractivity contribution in [2.24, 2.45) is 0 Å². The summed E-state index contributed by atoms with van der Waals surface area (Å²) in [7, 11) is 1.77. The number of carbonyl (C=O) groups excluding carboxylic acids is 1. The van der Waals surface area contributed by atoms with E-state index in [1.807, 2.05) is 24.3 Å². The van der Waals surface area contributed by atoms with E-state index in [0.717, 1.165) is 11.3 Å². The van der Waals surface area contributed by atoms with Crippen LogP contribution in [0.25, 0.3) is 0 Å². The molecule has 0 unspecified atom stereocenters. The van der Waals surface area contributed by atoms with Crippen LogP contribution in [0.1, 0.15) is 11.1 Å². The van der Waals surface area contributed by atoms with E-state index in [9.17, 15) is 18.0 Å². The topological polar surface area (TPSA) is 41.1 Å². The zero-order chi connectivity index (χ0) is 18.3. The number of hydrogen-bond donors (Lipinski definition) is 2. The van der Waals surface area contributed by atoms with Crippen LogP contribution in [0, 0.1) is 23.7 Å². The highest BCUT2D eigenvalue weighted by molar-refractivity contribution is 5.96. The van der Waals surface area contributed by atoms with Crippen LogP contribution in [-0.4, -0.2) is 19.1 Å². The zero-order valence-electron chi connectivity index (χ0n) is 13.2. The number of nitrogens with one attached hydrogen (secondary N) is 2. The van der Waals surface area contributed by atoms with Gasteiger partial charge in [-0.05, 0) is 36.1 Å². The van der Waals surface area contributed by atoms with Gasteiger partial charge in [0.2, 0.25) is 0 Å². The fourth-order valence-corrected chi connectivity index (χ4v) is 1.90. The molecule has 0 fully saturated rings. The molecule has 0 spiro atoms. The Balaban J connectivity index is 2.22. The van der Waals surface area contributed by atoms with Gasteiger partial charge < -0.3 is 10.6 Å². The van der Waals surface area contributed by atoms with E-state index in [-0.39, 0.29) is 11.3 Å². The van der Waals surface area contributed by atoms with Gasteiger partial charge in [-0.3, -0.25) is 4.79 Å². The average Bonchev–Trinajstić information content (AvgIpc) is 2.59. The number of halogens is 3. The van der Waals surface area contributed by atoms with Gasteiger partial charge in [0.1, 0.15) is 0 Å². The normalized spacial score (nSPS) is 9.92. The Morgan fingerprint density at radius 3 is 1.88 bits per heavy atom. The Hall–Kier alpha value is -3.38. The number of carbonyl (C=O) groups is 1. The molecule has 0 heterocycles. The van der Waals surface area contributed by atoms with Crippen molar-refractivity contribution in [1.29, 1.82) is 0 Å². The standard InChI is InChI=1S/C19H13F3N2O/c1-23-16-12-6-4-9-14(16)8-2-3-10-15-11-5-7-13-17(15)24-18(25)19(20,21)22/h4-7,9,11-13,23H,1H3,(H,24,25). The molecule has 2 aromatic carbocycles. The SMILES string of the molecule is CNc1ccccc1C#CC#Cc1ccccc1NC(=O)C(F)(F)F. The summed E-state index contributed by atoms with van der Waals surface area (Å²) in [4.78, 5) is 11.1. The van der Waals surface area contributed by atoms with Crippen LogP contribution >= 0.6 is 0 Å². The first-order valence-electron chi connectivity index (χ1n) is 7.18. The van der Waals surface area contributed by atoms with E-state index in [0.29, 0.717) is 0 Å². The molecule has 1 amide bonds. The molecule has 3 nitrogen and oxygen atoms in total. The van der Waals surface area contributed by atoms with Gasteiger partial charge in [0.15, 0.2) is 0 Å². The van der Waals surface area contributed by atoms with E-state index in [1.165, 1.54) is 18.2 Å². The first-order valence-corrected chi connectivity index (χ1v) is 7.18. The second kappa shape index (κ2) is 7.94. The number of alkyl halides is 3. The molecule has 2 aromatic rings. The van der Waals surface area contributed by atoms with Crippen LogP contribution in [0.5, 0.6) is 0 Å². The quantitative estimate of drug-likeness (QED) is 0.819. The lowest BCUT2D eigenvalue weighted by Crippen LogP contribution is -2.30. The lowest BCUT2D eigenvalue weighted by Gasteiger charge is -2.09. The summed E-state index contributed by atoms with van der Waals surface area (Å²) >= 11 is 0. The summed E-state index contributed by atoms with van der Waals surface area (Å²) in [6.07, 6.45) is -4.96. The fourth-order valence-electron chi connectivity index (χ4n) is 1.90. The Bertz CT molecular complexity index is 896. The summed E-state index contributed by atoms with van der Waals surface area (Å²) in [6.45, 7) is 0. The van der Waals surface area contributed by atoms with Gasteiger partial charge in [0.25, 0.3) is 0 Å². The molecule has 126 valence electrons. The van der Waals surface area contributed by atoms with Crippen molar-refractivity contribution in [3.05, 3.63) is 59.7 Å². The maximum atomic E-state index is 12.4. The van der Waals surface area contributed by atoms with Crippen molar-refractivity contribution >= 4 is 17.3 Å². The second-order valence-electron chi connectivity index (χ2n) is 4.79. The summed E-state index contributed by atoms with van der Waals surface area (Å²) < 4.78 is 37.1. The first kappa shape index (κ1) is 18.0. The second-order valence-corrected chi connectivity index (χ2v) is 4.79. The minimum atomic E-state index is -4.96. The summed E-state index contributed by atoms with van der Waals surface area (Å²) in [6, 6.07) is 13.3. The predicted octanol–water partition coefficient (Wildman–Crippen LogP) is 3.63. The zero-order valence-corrected chi connectivity index (χ0v) is 13.2. The predicted molar refractivity (Wildman–Crippen MR) is 90.9 cm³/mol. The van der Waals surface area contributed by atoms with Crippen molar-refractivity contribution in [3.63, 3.8) is 0 Å². The number of para-hydroxylation sites is 2. The van der Waals surface area contributed by atoms with E-state index >= 15 is 0 Å². The minimum absolute atomic E-state index is 0.0188. The Kier molecular flexibility index (Phi) is 5.71. The summed E-state index contributed by atoms with van der Waals surface area (Å²) in [5.74, 6) is 8.70. The van der Waals surface area contributed by atoms with Crippen LogP contribution in [0.15, 0.2) is 48.5 Å². The molecule has 0 atom stereocenters. The Morgan fingerprint density at radius 1 is 0.880 bits per heavy atom. The van der Waals surface area contributed by atoms with Gasteiger partial charge in [0, 0.05) is 23.9 Å². The molecule has 0 aliphatic heterocycles. The summed E-state index contributed by atoms with van der Waals surface area (Å²) in [5.41, 5.74) is 1.82. The van der Waals surface area contributed by atoms with Crippen molar-refractivity contribution in [2.45, 2.75) is 6.18 Å². The smallest absolute Gasteiger partial charge is 0.387 e. The Morgan fingerprint density at radius 2 is 1.36 bits per heavy atom. The third-order valence-electron chi connectivity index (χ3n) is 3.09. The van der Waals surface area contributed by atoms with E-state index < -0.39 is 12.1 Å². The van der Waals surface area contributed by atoms with Crippen LogP contribution in [0.3, 0.4) is 0 Å². The maximum absolute atomic E-state index is 12.4. The van der Waals surface area contributed by atoms with Gasteiger partial charge in [-0.25, -0.2) is 0 Å². The third-order valence-corrected chi connectivity index (χ3v) is 3.09. The monoisotopic (exact) mass is 342 g/mol. The highest BCUT2D eigenvalue weighted by Gasteiger charge is 2.38. The van der Waals surface area contributed by atoms with Gasteiger partial charge in [-0.1, -0.05) is 36.1 Å². The lowest BCUT2D eigenvalue weighted by atomic mass is 10.1. The molecular weight excluding hydrogens is 329 g/mol. The summed E-state index contributed by atoms with van der Waals surface area (Å²) in [5, 5.41) is 4.80. The van der Waals surface area contributed by atoms with Crippen molar-refractivity contribution in [1.82, 2.24) is 0 Å². The lowest BCUT2D eigenvalue weighted by molar-refractivity contribution is -0.167. The van der Waals surface area contributed by atoms with Gasteiger partial charge in [-0.15, -0.1) is 0 Å². The molecule has 0 aliphatic rings. The van der Waals surface area contributed by atoms with E-state index in [1.54, 1.807) is 18.4 Å².